The number of hydrogen-bond donors (Lipinski definition) is 0. The summed E-state index contributed by atoms with van der Waals surface area (Å²) in [6, 6.07) is 5.27. The summed E-state index contributed by atoms with van der Waals surface area (Å²) in [5.41, 5.74) is 0.366. The van der Waals surface area contributed by atoms with Gasteiger partial charge in [-0.25, -0.2) is 0 Å². The molecule has 108 valence electrons. The molecule has 0 saturated carbocycles. The van der Waals surface area contributed by atoms with Crippen molar-refractivity contribution in [3.05, 3.63) is 17.7 Å². The van der Waals surface area contributed by atoms with Crippen molar-refractivity contribution in [2.45, 2.75) is 6.42 Å². The Hall–Kier alpha value is -2.42. The second-order valence-corrected chi connectivity index (χ2v) is 4.02. The molecule has 1 aromatic carbocycles. The van der Waals surface area contributed by atoms with Crippen molar-refractivity contribution in [1.82, 2.24) is 4.90 Å². The highest BCUT2D eigenvalue weighted by atomic mass is 16.5. The van der Waals surface area contributed by atoms with Gasteiger partial charge in [0.05, 0.1) is 39.4 Å². The second kappa shape index (κ2) is 7.24. The summed E-state index contributed by atoms with van der Waals surface area (Å²) in [6.07, 6.45) is 0.276. The molecule has 1 amide bonds. The molecule has 0 N–H and O–H groups in total. The van der Waals surface area contributed by atoms with Gasteiger partial charge in [0.1, 0.15) is 0 Å². The lowest BCUT2D eigenvalue weighted by Crippen LogP contribution is -2.28. The van der Waals surface area contributed by atoms with Crippen LogP contribution in [0.1, 0.15) is 16.8 Å². The standard InChI is InChI=1S/C14H18N2O4/c1-16(9-5-8-15)14(17)10-6-7-11(18-2)13(20-4)12(10)19-3/h6-7H,5,9H2,1-4H3. The number of ether oxygens (including phenoxy) is 3. The molecule has 0 bridgehead atoms. The van der Waals surface area contributed by atoms with E-state index in [0.29, 0.717) is 29.4 Å². The molecule has 6 nitrogen and oxygen atoms in total. The topological polar surface area (TPSA) is 71.8 Å². The maximum absolute atomic E-state index is 12.3. The van der Waals surface area contributed by atoms with Crippen LogP contribution in [0, 0.1) is 11.3 Å². The van der Waals surface area contributed by atoms with Gasteiger partial charge in [-0.1, -0.05) is 0 Å². The average Bonchev–Trinajstić information content (AvgIpc) is 2.49. The molecular weight excluding hydrogens is 260 g/mol. The number of nitriles is 1. The molecule has 1 rings (SSSR count). The molecule has 0 saturated heterocycles. The molecule has 0 radical (unpaired) electrons. The monoisotopic (exact) mass is 278 g/mol. The minimum absolute atomic E-state index is 0.238. The van der Waals surface area contributed by atoms with Crippen molar-refractivity contribution in [3.8, 4) is 23.3 Å². The fourth-order valence-electron chi connectivity index (χ4n) is 1.79. The van der Waals surface area contributed by atoms with Crippen LogP contribution in [0.15, 0.2) is 12.1 Å². The predicted molar refractivity (Wildman–Crippen MR) is 73.3 cm³/mol. The van der Waals surface area contributed by atoms with E-state index >= 15 is 0 Å². The number of methoxy groups -OCH3 is 3. The van der Waals surface area contributed by atoms with E-state index < -0.39 is 0 Å². The normalized spacial score (nSPS) is 9.55. The number of carbonyl (C=O) groups excluding carboxylic acids is 1. The Kier molecular flexibility index (Phi) is 5.66. The van der Waals surface area contributed by atoms with Crippen LogP contribution in [0.4, 0.5) is 0 Å². The van der Waals surface area contributed by atoms with Crippen LogP contribution >= 0.6 is 0 Å². The molecule has 0 aliphatic heterocycles. The van der Waals surface area contributed by atoms with E-state index in [9.17, 15) is 4.79 Å². The van der Waals surface area contributed by atoms with Crippen molar-refractivity contribution in [2.24, 2.45) is 0 Å². The number of carbonyl (C=O) groups is 1. The Morgan fingerprint density at radius 2 is 1.85 bits per heavy atom. The maximum atomic E-state index is 12.3. The zero-order chi connectivity index (χ0) is 15.1. The van der Waals surface area contributed by atoms with Crippen LogP contribution in [0.5, 0.6) is 17.2 Å². The van der Waals surface area contributed by atoms with Crippen LogP contribution in [-0.2, 0) is 0 Å². The molecule has 20 heavy (non-hydrogen) atoms. The highest BCUT2D eigenvalue weighted by Gasteiger charge is 2.22. The van der Waals surface area contributed by atoms with E-state index in [1.165, 1.54) is 26.2 Å². The lowest BCUT2D eigenvalue weighted by Gasteiger charge is -2.19. The molecule has 0 spiro atoms. The van der Waals surface area contributed by atoms with Gasteiger partial charge in [-0.2, -0.15) is 5.26 Å². The summed E-state index contributed by atoms with van der Waals surface area (Å²) in [4.78, 5) is 13.8. The molecule has 6 heteroatoms. The Labute approximate surface area is 118 Å². The van der Waals surface area contributed by atoms with Gasteiger partial charge in [-0.15, -0.1) is 0 Å². The Bertz CT molecular complexity index is 523. The van der Waals surface area contributed by atoms with Crippen molar-refractivity contribution in [2.75, 3.05) is 34.9 Å². The summed E-state index contributed by atoms with van der Waals surface area (Å²) in [5, 5.41) is 8.57. The van der Waals surface area contributed by atoms with E-state index in [-0.39, 0.29) is 12.3 Å². The first kappa shape index (κ1) is 15.6. The lowest BCUT2D eigenvalue weighted by atomic mass is 10.1. The molecule has 0 aromatic heterocycles. The van der Waals surface area contributed by atoms with Crippen LogP contribution in [-0.4, -0.2) is 45.7 Å². The smallest absolute Gasteiger partial charge is 0.257 e. The fraction of sp³-hybridized carbons (Fsp3) is 0.429. The number of benzene rings is 1. The molecule has 0 heterocycles. The summed E-state index contributed by atoms with van der Waals surface area (Å²) in [5.74, 6) is 0.939. The summed E-state index contributed by atoms with van der Waals surface area (Å²) in [7, 11) is 6.09. The van der Waals surface area contributed by atoms with Gasteiger partial charge in [-0.3, -0.25) is 4.79 Å². The zero-order valence-electron chi connectivity index (χ0n) is 12.1. The first-order valence-corrected chi connectivity index (χ1v) is 6.02. The summed E-state index contributed by atoms with van der Waals surface area (Å²) in [6.45, 7) is 0.354. The predicted octanol–water partition coefficient (Wildman–Crippen LogP) is 1.70. The first-order chi connectivity index (χ1) is 9.60. The Morgan fingerprint density at radius 1 is 1.20 bits per heavy atom. The zero-order valence-corrected chi connectivity index (χ0v) is 12.1. The van der Waals surface area contributed by atoms with E-state index in [4.69, 9.17) is 19.5 Å². The summed E-state index contributed by atoms with van der Waals surface area (Å²) >= 11 is 0. The average molecular weight is 278 g/mol. The van der Waals surface area contributed by atoms with E-state index in [1.54, 1.807) is 19.2 Å². The number of hydrogen-bond acceptors (Lipinski definition) is 5. The van der Waals surface area contributed by atoms with E-state index in [1.807, 2.05) is 6.07 Å². The van der Waals surface area contributed by atoms with E-state index in [0.717, 1.165) is 0 Å². The highest BCUT2D eigenvalue weighted by molar-refractivity contribution is 5.98. The minimum Gasteiger partial charge on any atom is -0.493 e. The second-order valence-electron chi connectivity index (χ2n) is 4.02. The summed E-state index contributed by atoms with van der Waals surface area (Å²) < 4.78 is 15.7. The van der Waals surface area contributed by atoms with Gasteiger partial charge in [0.15, 0.2) is 11.5 Å². The van der Waals surface area contributed by atoms with Crippen molar-refractivity contribution in [3.63, 3.8) is 0 Å². The third kappa shape index (κ3) is 3.12. The van der Waals surface area contributed by atoms with Crippen LogP contribution in [0.3, 0.4) is 0 Å². The van der Waals surface area contributed by atoms with Crippen molar-refractivity contribution >= 4 is 5.91 Å². The van der Waals surface area contributed by atoms with Gasteiger partial charge < -0.3 is 19.1 Å². The quantitative estimate of drug-likeness (QED) is 0.792. The number of nitrogens with zero attached hydrogens (tertiary/aromatic N) is 2. The molecule has 0 aliphatic rings. The maximum Gasteiger partial charge on any atom is 0.257 e. The third-order valence-electron chi connectivity index (χ3n) is 2.84. The van der Waals surface area contributed by atoms with Crippen LogP contribution < -0.4 is 14.2 Å². The third-order valence-corrected chi connectivity index (χ3v) is 2.84. The van der Waals surface area contributed by atoms with Crippen LogP contribution in [0.2, 0.25) is 0 Å². The Balaban J connectivity index is 3.18. The van der Waals surface area contributed by atoms with E-state index in [2.05, 4.69) is 0 Å². The van der Waals surface area contributed by atoms with Gasteiger partial charge in [-0.05, 0) is 12.1 Å². The molecule has 0 aliphatic carbocycles. The molecule has 1 aromatic rings. The van der Waals surface area contributed by atoms with Crippen molar-refractivity contribution < 1.29 is 19.0 Å². The van der Waals surface area contributed by atoms with Gasteiger partial charge in [0, 0.05) is 13.6 Å². The molecule has 0 atom stereocenters. The van der Waals surface area contributed by atoms with Crippen molar-refractivity contribution in [1.29, 1.82) is 5.26 Å². The number of rotatable bonds is 6. The molecule has 0 fully saturated rings. The van der Waals surface area contributed by atoms with Gasteiger partial charge >= 0.3 is 0 Å². The number of amides is 1. The largest absolute Gasteiger partial charge is 0.493 e. The van der Waals surface area contributed by atoms with Gasteiger partial charge in [0.25, 0.3) is 5.91 Å². The fourth-order valence-corrected chi connectivity index (χ4v) is 1.79. The molecular formula is C14H18N2O4. The molecule has 0 unspecified atom stereocenters. The highest BCUT2D eigenvalue weighted by Crippen LogP contribution is 2.40. The minimum atomic E-state index is -0.238. The first-order valence-electron chi connectivity index (χ1n) is 6.02. The SMILES string of the molecule is COc1ccc(C(=O)N(C)CCC#N)c(OC)c1OC. The lowest BCUT2D eigenvalue weighted by molar-refractivity contribution is 0.0794. The Morgan fingerprint density at radius 3 is 2.35 bits per heavy atom. The van der Waals surface area contributed by atoms with Crippen LogP contribution in [0.25, 0.3) is 0 Å². The van der Waals surface area contributed by atoms with Gasteiger partial charge in [0.2, 0.25) is 5.75 Å².